The normalized spacial score (nSPS) is 18.0. The van der Waals surface area contributed by atoms with E-state index in [2.05, 4.69) is 0 Å². The summed E-state index contributed by atoms with van der Waals surface area (Å²) in [5.41, 5.74) is 1.69. The van der Waals surface area contributed by atoms with Crippen molar-refractivity contribution in [3.8, 4) is 11.5 Å². The van der Waals surface area contributed by atoms with E-state index in [9.17, 15) is 9.50 Å². The minimum atomic E-state index is -0.525. The van der Waals surface area contributed by atoms with Crippen LogP contribution in [0.2, 0.25) is 0 Å². The van der Waals surface area contributed by atoms with Gasteiger partial charge in [0, 0.05) is 12.0 Å². The summed E-state index contributed by atoms with van der Waals surface area (Å²) in [5, 5.41) is 9.56. The van der Waals surface area contributed by atoms with Crippen LogP contribution in [-0.4, -0.2) is 17.8 Å². The van der Waals surface area contributed by atoms with E-state index in [1.807, 2.05) is 24.3 Å². The Balaban J connectivity index is 1.61. The molecule has 0 aliphatic carbocycles. The topological polar surface area (TPSA) is 38.7 Å². The van der Waals surface area contributed by atoms with Crippen LogP contribution in [0, 0.1) is 5.82 Å². The maximum Gasteiger partial charge on any atom is 0.137 e. The monoisotopic (exact) mass is 288 g/mol. The second kappa shape index (κ2) is 5.74. The summed E-state index contributed by atoms with van der Waals surface area (Å²) < 4.78 is 24.6. The lowest BCUT2D eigenvalue weighted by atomic mass is 10.1. The fourth-order valence-corrected chi connectivity index (χ4v) is 2.44. The molecule has 1 heterocycles. The van der Waals surface area contributed by atoms with Gasteiger partial charge in [0.1, 0.15) is 30.0 Å². The SMILES string of the molecule is CC(O)c1cccc(OCC2Cc3cc(F)ccc3O2)c1. The molecule has 0 aromatic heterocycles. The Labute approximate surface area is 122 Å². The van der Waals surface area contributed by atoms with Gasteiger partial charge in [-0.3, -0.25) is 0 Å². The van der Waals surface area contributed by atoms with E-state index in [1.54, 1.807) is 13.0 Å². The van der Waals surface area contributed by atoms with Crippen molar-refractivity contribution in [2.45, 2.75) is 25.6 Å². The maximum absolute atomic E-state index is 13.1. The Hall–Kier alpha value is -2.07. The predicted molar refractivity (Wildman–Crippen MR) is 77.1 cm³/mol. The Morgan fingerprint density at radius 1 is 1.33 bits per heavy atom. The van der Waals surface area contributed by atoms with Gasteiger partial charge in [0.2, 0.25) is 0 Å². The second-order valence-electron chi connectivity index (χ2n) is 5.26. The van der Waals surface area contributed by atoms with E-state index < -0.39 is 6.10 Å². The first-order valence-electron chi connectivity index (χ1n) is 6.98. The Morgan fingerprint density at radius 2 is 2.19 bits per heavy atom. The van der Waals surface area contributed by atoms with Gasteiger partial charge < -0.3 is 14.6 Å². The molecule has 2 aromatic rings. The molecule has 2 aromatic carbocycles. The zero-order valence-electron chi connectivity index (χ0n) is 11.8. The zero-order valence-corrected chi connectivity index (χ0v) is 11.8. The Morgan fingerprint density at radius 3 is 3.00 bits per heavy atom. The summed E-state index contributed by atoms with van der Waals surface area (Å²) in [6.45, 7) is 2.10. The molecule has 2 atom stereocenters. The van der Waals surface area contributed by atoms with Crippen LogP contribution in [0.5, 0.6) is 11.5 Å². The first-order chi connectivity index (χ1) is 10.1. The van der Waals surface area contributed by atoms with Crippen LogP contribution in [-0.2, 0) is 6.42 Å². The summed E-state index contributed by atoms with van der Waals surface area (Å²) in [6.07, 6.45) is 0.00364. The molecular formula is C17H17FO3. The third-order valence-corrected chi connectivity index (χ3v) is 3.54. The molecule has 21 heavy (non-hydrogen) atoms. The van der Waals surface area contributed by atoms with Gasteiger partial charge in [-0.05, 0) is 42.8 Å². The van der Waals surface area contributed by atoms with Crippen molar-refractivity contribution in [1.82, 2.24) is 0 Å². The molecule has 0 spiro atoms. The number of benzene rings is 2. The Bertz CT molecular complexity index is 640. The van der Waals surface area contributed by atoms with Gasteiger partial charge in [-0.1, -0.05) is 12.1 Å². The van der Waals surface area contributed by atoms with Crippen molar-refractivity contribution in [3.63, 3.8) is 0 Å². The standard InChI is InChI=1S/C17H17FO3/c1-11(19)12-3-2-4-15(8-12)20-10-16-9-13-7-14(18)5-6-17(13)21-16/h2-8,11,16,19H,9-10H2,1H3. The highest BCUT2D eigenvalue weighted by atomic mass is 19.1. The lowest BCUT2D eigenvalue weighted by Gasteiger charge is -2.13. The van der Waals surface area contributed by atoms with Gasteiger partial charge in [-0.15, -0.1) is 0 Å². The first kappa shape index (κ1) is 13.9. The molecule has 1 N–H and O–H groups in total. The molecule has 0 fully saturated rings. The van der Waals surface area contributed by atoms with Crippen molar-refractivity contribution < 1.29 is 19.0 Å². The molecule has 0 radical (unpaired) electrons. The van der Waals surface area contributed by atoms with E-state index >= 15 is 0 Å². The van der Waals surface area contributed by atoms with Gasteiger partial charge in [0.15, 0.2) is 0 Å². The average molecular weight is 288 g/mol. The maximum atomic E-state index is 13.1. The molecule has 4 heteroatoms. The highest BCUT2D eigenvalue weighted by molar-refractivity contribution is 5.38. The number of aliphatic hydroxyl groups excluding tert-OH is 1. The Kier molecular flexibility index (Phi) is 3.80. The molecule has 0 saturated heterocycles. The summed E-state index contributed by atoms with van der Waals surface area (Å²) in [5.74, 6) is 1.17. The minimum Gasteiger partial charge on any atom is -0.490 e. The van der Waals surface area contributed by atoms with Gasteiger partial charge in [0.05, 0.1) is 6.10 Å². The summed E-state index contributed by atoms with van der Waals surface area (Å²) in [7, 11) is 0. The number of halogens is 1. The molecule has 3 nitrogen and oxygen atoms in total. The molecule has 3 rings (SSSR count). The van der Waals surface area contributed by atoms with Crippen LogP contribution in [0.4, 0.5) is 4.39 Å². The lowest BCUT2D eigenvalue weighted by molar-refractivity contribution is 0.148. The summed E-state index contributed by atoms with van der Waals surface area (Å²) in [4.78, 5) is 0. The minimum absolute atomic E-state index is 0.114. The molecule has 1 aliphatic rings. The van der Waals surface area contributed by atoms with Gasteiger partial charge >= 0.3 is 0 Å². The number of ether oxygens (including phenoxy) is 2. The van der Waals surface area contributed by atoms with Gasteiger partial charge in [-0.2, -0.15) is 0 Å². The lowest BCUT2D eigenvalue weighted by Crippen LogP contribution is -2.22. The predicted octanol–water partition coefficient (Wildman–Crippen LogP) is 3.26. The first-order valence-corrected chi connectivity index (χ1v) is 6.98. The quantitative estimate of drug-likeness (QED) is 0.938. The zero-order chi connectivity index (χ0) is 14.8. The van der Waals surface area contributed by atoms with E-state index in [1.165, 1.54) is 12.1 Å². The van der Waals surface area contributed by atoms with Gasteiger partial charge in [0.25, 0.3) is 0 Å². The van der Waals surface area contributed by atoms with Crippen molar-refractivity contribution in [2.24, 2.45) is 0 Å². The molecule has 0 bridgehead atoms. The van der Waals surface area contributed by atoms with Crippen LogP contribution in [0.3, 0.4) is 0 Å². The summed E-state index contributed by atoms with van der Waals surface area (Å²) in [6, 6.07) is 11.9. The number of hydrogen-bond donors (Lipinski definition) is 1. The van der Waals surface area contributed by atoms with E-state index in [0.717, 1.165) is 16.9 Å². The number of hydrogen-bond acceptors (Lipinski definition) is 3. The summed E-state index contributed by atoms with van der Waals surface area (Å²) >= 11 is 0. The number of fused-ring (bicyclic) bond motifs is 1. The number of aliphatic hydroxyl groups is 1. The van der Waals surface area contributed by atoms with Crippen LogP contribution in [0.1, 0.15) is 24.2 Å². The van der Waals surface area contributed by atoms with E-state index in [4.69, 9.17) is 9.47 Å². The van der Waals surface area contributed by atoms with Crippen LogP contribution >= 0.6 is 0 Å². The smallest absolute Gasteiger partial charge is 0.137 e. The van der Waals surface area contributed by atoms with E-state index in [-0.39, 0.29) is 11.9 Å². The second-order valence-corrected chi connectivity index (χ2v) is 5.26. The fraction of sp³-hybridized carbons (Fsp3) is 0.294. The highest BCUT2D eigenvalue weighted by Crippen LogP contribution is 2.29. The van der Waals surface area contributed by atoms with Gasteiger partial charge in [-0.25, -0.2) is 4.39 Å². The molecule has 0 saturated carbocycles. The van der Waals surface area contributed by atoms with Crippen LogP contribution < -0.4 is 9.47 Å². The fourth-order valence-electron chi connectivity index (χ4n) is 2.44. The molecule has 0 amide bonds. The molecular weight excluding hydrogens is 271 g/mol. The van der Waals surface area contributed by atoms with Crippen molar-refractivity contribution >= 4 is 0 Å². The highest BCUT2D eigenvalue weighted by Gasteiger charge is 2.23. The van der Waals surface area contributed by atoms with Crippen molar-refractivity contribution in [1.29, 1.82) is 0 Å². The molecule has 110 valence electrons. The average Bonchev–Trinajstić information content (AvgIpc) is 2.87. The third kappa shape index (κ3) is 3.16. The molecule has 2 unspecified atom stereocenters. The molecule has 1 aliphatic heterocycles. The number of rotatable bonds is 4. The van der Waals surface area contributed by atoms with E-state index in [0.29, 0.717) is 18.8 Å². The van der Waals surface area contributed by atoms with Crippen LogP contribution in [0.25, 0.3) is 0 Å². The largest absolute Gasteiger partial charge is 0.490 e. The third-order valence-electron chi connectivity index (χ3n) is 3.54. The van der Waals surface area contributed by atoms with Crippen LogP contribution in [0.15, 0.2) is 42.5 Å². The van der Waals surface area contributed by atoms with Crippen molar-refractivity contribution in [2.75, 3.05) is 6.61 Å². The van der Waals surface area contributed by atoms with Crippen molar-refractivity contribution in [3.05, 3.63) is 59.4 Å².